The number of methoxy groups -OCH3 is 1. The topological polar surface area (TPSA) is 108 Å². The molecule has 0 spiro atoms. The standard InChI is InChI=1S/C10H11N3O4S/c1-7-4-3-5-9(8(7)6-11)12-18(15,16)13-10(14)17-2/h3-5,12H,1-2H3,(H,13,14). The Hall–Kier alpha value is -2.27. The number of anilines is 1. The van der Waals surface area contributed by atoms with E-state index in [2.05, 4.69) is 9.46 Å². The van der Waals surface area contributed by atoms with E-state index in [1.54, 1.807) is 23.8 Å². The zero-order valence-corrected chi connectivity index (χ0v) is 10.5. The molecular weight excluding hydrogens is 258 g/mol. The number of hydrogen-bond donors (Lipinski definition) is 2. The van der Waals surface area contributed by atoms with Crippen LogP contribution in [-0.4, -0.2) is 21.6 Å². The molecule has 0 unspecified atom stereocenters. The summed E-state index contributed by atoms with van der Waals surface area (Å²) in [6.07, 6.45) is -1.12. The van der Waals surface area contributed by atoms with E-state index in [1.165, 1.54) is 6.07 Å². The van der Waals surface area contributed by atoms with E-state index in [0.29, 0.717) is 5.56 Å². The number of ether oxygens (including phenoxy) is 1. The first-order valence-electron chi connectivity index (χ1n) is 4.78. The first-order valence-corrected chi connectivity index (χ1v) is 6.26. The molecule has 1 aromatic rings. The number of benzene rings is 1. The van der Waals surface area contributed by atoms with Gasteiger partial charge in [-0.25, -0.2) is 9.52 Å². The fourth-order valence-electron chi connectivity index (χ4n) is 1.22. The molecule has 1 amide bonds. The Labute approximate surface area is 105 Å². The van der Waals surface area contributed by atoms with Gasteiger partial charge in [-0.2, -0.15) is 13.7 Å². The summed E-state index contributed by atoms with van der Waals surface area (Å²) in [5.74, 6) is 0. The van der Waals surface area contributed by atoms with E-state index in [1.807, 2.05) is 6.07 Å². The fraction of sp³-hybridized carbons (Fsp3) is 0.200. The normalized spacial score (nSPS) is 10.3. The van der Waals surface area contributed by atoms with Gasteiger partial charge in [-0.15, -0.1) is 0 Å². The first-order chi connectivity index (χ1) is 8.39. The van der Waals surface area contributed by atoms with Crippen LogP contribution in [0.25, 0.3) is 0 Å². The van der Waals surface area contributed by atoms with Crippen molar-refractivity contribution in [2.24, 2.45) is 0 Å². The summed E-state index contributed by atoms with van der Waals surface area (Å²) >= 11 is 0. The molecule has 0 aliphatic rings. The molecule has 18 heavy (non-hydrogen) atoms. The number of hydrogen-bond acceptors (Lipinski definition) is 5. The zero-order valence-electron chi connectivity index (χ0n) is 9.72. The molecule has 0 bridgehead atoms. The maximum Gasteiger partial charge on any atom is 0.422 e. The third kappa shape index (κ3) is 3.36. The Bertz CT molecular complexity index is 604. The third-order valence-corrected chi connectivity index (χ3v) is 2.96. The van der Waals surface area contributed by atoms with Crippen molar-refractivity contribution in [1.29, 1.82) is 5.26 Å². The molecule has 0 fully saturated rings. The van der Waals surface area contributed by atoms with Crippen LogP contribution >= 0.6 is 0 Å². The second kappa shape index (κ2) is 5.37. The lowest BCUT2D eigenvalue weighted by Gasteiger charge is -2.10. The highest BCUT2D eigenvalue weighted by Crippen LogP contribution is 2.19. The first kappa shape index (κ1) is 13.8. The number of nitriles is 1. The summed E-state index contributed by atoms with van der Waals surface area (Å²) in [7, 11) is -3.08. The number of amides is 1. The average molecular weight is 269 g/mol. The predicted octanol–water partition coefficient (Wildman–Crippen LogP) is 0.879. The number of nitrogens with one attached hydrogen (secondary N) is 2. The van der Waals surface area contributed by atoms with Crippen LogP contribution in [0.5, 0.6) is 0 Å². The zero-order chi connectivity index (χ0) is 13.8. The quantitative estimate of drug-likeness (QED) is 0.846. The molecule has 0 radical (unpaired) electrons. The molecule has 2 N–H and O–H groups in total. The fourth-order valence-corrected chi connectivity index (χ4v) is 2.04. The lowest BCUT2D eigenvalue weighted by molar-refractivity contribution is 0.177. The number of carbonyl (C=O) groups excluding carboxylic acids is 1. The highest BCUT2D eigenvalue weighted by atomic mass is 32.2. The summed E-state index contributed by atoms with van der Waals surface area (Å²) in [5, 5.41) is 8.93. The van der Waals surface area contributed by atoms with E-state index in [9.17, 15) is 13.2 Å². The molecule has 0 saturated carbocycles. The maximum atomic E-state index is 11.5. The van der Waals surface area contributed by atoms with Crippen molar-refractivity contribution in [3.63, 3.8) is 0 Å². The van der Waals surface area contributed by atoms with Gasteiger partial charge < -0.3 is 4.74 Å². The van der Waals surface area contributed by atoms with E-state index in [-0.39, 0.29) is 11.3 Å². The Morgan fingerprint density at radius 1 is 1.44 bits per heavy atom. The summed E-state index contributed by atoms with van der Waals surface area (Å²) in [6.45, 7) is 1.67. The molecule has 1 rings (SSSR count). The Kier molecular flexibility index (Phi) is 4.12. The molecular formula is C10H11N3O4S. The molecule has 0 atom stereocenters. The van der Waals surface area contributed by atoms with Gasteiger partial charge in [0.15, 0.2) is 0 Å². The summed E-state index contributed by atoms with van der Waals surface area (Å²) < 4.78 is 30.9. The molecule has 0 aliphatic carbocycles. The SMILES string of the molecule is COC(=O)NS(=O)(=O)Nc1cccc(C)c1C#N. The largest absolute Gasteiger partial charge is 0.452 e. The highest BCUT2D eigenvalue weighted by molar-refractivity contribution is 7.91. The lowest BCUT2D eigenvalue weighted by atomic mass is 10.1. The summed E-state index contributed by atoms with van der Waals surface area (Å²) in [4.78, 5) is 10.8. The van der Waals surface area contributed by atoms with Crippen molar-refractivity contribution in [3.8, 4) is 6.07 Å². The van der Waals surface area contributed by atoms with Gasteiger partial charge in [0.05, 0.1) is 18.4 Å². The minimum Gasteiger partial charge on any atom is -0.452 e. The van der Waals surface area contributed by atoms with Crippen LogP contribution < -0.4 is 9.44 Å². The minimum atomic E-state index is -4.12. The van der Waals surface area contributed by atoms with Gasteiger partial charge in [-0.1, -0.05) is 12.1 Å². The second-order valence-electron chi connectivity index (χ2n) is 3.31. The van der Waals surface area contributed by atoms with Gasteiger partial charge in [0.1, 0.15) is 6.07 Å². The molecule has 0 saturated heterocycles. The van der Waals surface area contributed by atoms with E-state index in [0.717, 1.165) is 7.11 Å². The Balaban J connectivity index is 3.02. The van der Waals surface area contributed by atoms with Crippen molar-refractivity contribution in [3.05, 3.63) is 29.3 Å². The van der Waals surface area contributed by atoms with Crippen molar-refractivity contribution < 1.29 is 17.9 Å². The average Bonchev–Trinajstić information content (AvgIpc) is 2.28. The van der Waals surface area contributed by atoms with Crippen molar-refractivity contribution in [2.45, 2.75) is 6.92 Å². The van der Waals surface area contributed by atoms with E-state index in [4.69, 9.17) is 5.26 Å². The van der Waals surface area contributed by atoms with Gasteiger partial charge in [0.25, 0.3) is 0 Å². The number of carbonyl (C=O) groups is 1. The van der Waals surface area contributed by atoms with Crippen molar-refractivity contribution >= 4 is 22.0 Å². The van der Waals surface area contributed by atoms with Gasteiger partial charge in [0.2, 0.25) is 0 Å². The van der Waals surface area contributed by atoms with Crippen LogP contribution in [0.4, 0.5) is 10.5 Å². The van der Waals surface area contributed by atoms with Crippen LogP contribution in [0.1, 0.15) is 11.1 Å². The molecule has 1 aromatic carbocycles. The van der Waals surface area contributed by atoms with Crippen LogP contribution in [0, 0.1) is 18.3 Å². The highest BCUT2D eigenvalue weighted by Gasteiger charge is 2.16. The second-order valence-corrected chi connectivity index (χ2v) is 4.72. The van der Waals surface area contributed by atoms with Crippen LogP contribution in [0.3, 0.4) is 0 Å². The third-order valence-electron chi connectivity index (χ3n) is 2.03. The minimum absolute atomic E-state index is 0.0916. The smallest absolute Gasteiger partial charge is 0.422 e. The van der Waals surface area contributed by atoms with Gasteiger partial charge in [-0.05, 0) is 18.6 Å². The number of aryl methyl sites for hydroxylation is 1. The van der Waals surface area contributed by atoms with Crippen LogP contribution in [0.15, 0.2) is 18.2 Å². The number of rotatable bonds is 3. The predicted molar refractivity (Wildman–Crippen MR) is 64.0 cm³/mol. The molecule has 8 heteroatoms. The van der Waals surface area contributed by atoms with Gasteiger partial charge >= 0.3 is 16.3 Å². The van der Waals surface area contributed by atoms with Gasteiger partial charge in [-0.3, -0.25) is 4.72 Å². The van der Waals surface area contributed by atoms with Crippen LogP contribution in [0.2, 0.25) is 0 Å². The summed E-state index contributed by atoms with van der Waals surface area (Å²) in [5.41, 5.74) is 0.900. The van der Waals surface area contributed by atoms with Crippen molar-refractivity contribution in [2.75, 3.05) is 11.8 Å². The molecule has 96 valence electrons. The molecule has 0 heterocycles. The van der Waals surface area contributed by atoms with E-state index >= 15 is 0 Å². The summed E-state index contributed by atoms with van der Waals surface area (Å²) in [6, 6.07) is 6.56. The Morgan fingerprint density at radius 3 is 2.67 bits per heavy atom. The molecule has 0 aromatic heterocycles. The number of nitrogens with zero attached hydrogens (tertiary/aromatic N) is 1. The maximum absolute atomic E-state index is 11.5. The molecule has 0 aliphatic heterocycles. The monoisotopic (exact) mass is 269 g/mol. The van der Waals surface area contributed by atoms with Crippen molar-refractivity contribution in [1.82, 2.24) is 4.72 Å². The lowest BCUT2D eigenvalue weighted by Crippen LogP contribution is -2.35. The van der Waals surface area contributed by atoms with Crippen LogP contribution in [-0.2, 0) is 14.9 Å². The Morgan fingerprint density at radius 2 is 2.11 bits per heavy atom. The van der Waals surface area contributed by atoms with E-state index < -0.39 is 16.3 Å². The molecule has 7 nitrogen and oxygen atoms in total. The van der Waals surface area contributed by atoms with Gasteiger partial charge in [0, 0.05) is 0 Å².